The van der Waals surface area contributed by atoms with Gasteiger partial charge in [0.25, 0.3) is 0 Å². The Balaban J connectivity index is 2.24. The van der Waals surface area contributed by atoms with Gasteiger partial charge in [0.05, 0.1) is 32.3 Å². The van der Waals surface area contributed by atoms with E-state index in [-0.39, 0.29) is 12.1 Å². The van der Waals surface area contributed by atoms with Gasteiger partial charge in [0, 0.05) is 6.04 Å². The topological polar surface area (TPSA) is 87.9 Å². The van der Waals surface area contributed by atoms with Gasteiger partial charge in [-0.3, -0.25) is 9.59 Å². The van der Waals surface area contributed by atoms with Crippen molar-refractivity contribution < 1.29 is 23.8 Å². The molecule has 0 aromatic rings. The maximum atomic E-state index is 11.6. The minimum Gasteiger partial charge on any atom is -0.469 e. The third kappa shape index (κ3) is 1.49. The number of ether oxygens (including phenoxy) is 3. The molecule has 0 saturated carbocycles. The lowest BCUT2D eigenvalue weighted by molar-refractivity contribution is -0.158. The van der Waals surface area contributed by atoms with Gasteiger partial charge in [-0.1, -0.05) is 0 Å². The van der Waals surface area contributed by atoms with Crippen LogP contribution in [0.4, 0.5) is 0 Å². The number of rotatable bonds is 2. The molecule has 2 saturated heterocycles. The number of esters is 2. The highest BCUT2D eigenvalue weighted by Crippen LogP contribution is 2.43. The Hall–Kier alpha value is -1.14. The largest absolute Gasteiger partial charge is 0.469 e. The van der Waals surface area contributed by atoms with E-state index in [1.54, 1.807) is 0 Å². The Kier molecular flexibility index (Phi) is 2.86. The third-order valence-corrected chi connectivity index (χ3v) is 3.35. The van der Waals surface area contributed by atoms with Crippen LogP contribution >= 0.6 is 0 Å². The van der Waals surface area contributed by atoms with Crippen molar-refractivity contribution in [3.63, 3.8) is 0 Å². The summed E-state index contributed by atoms with van der Waals surface area (Å²) in [5.41, 5.74) is 5.82. The van der Waals surface area contributed by atoms with Crippen molar-refractivity contribution >= 4 is 11.9 Å². The maximum absolute atomic E-state index is 11.6. The fourth-order valence-corrected chi connectivity index (χ4v) is 2.63. The lowest BCUT2D eigenvalue weighted by atomic mass is 9.77. The van der Waals surface area contributed by atoms with E-state index in [0.717, 1.165) is 0 Å². The van der Waals surface area contributed by atoms with Crippen molar-refractivity contribution in [2.75, 3.05) is 14.2 Å². The van der Waals surface area contributed by atoms with Crippen LogP contribution in [0.1, 0.15) is 6.42 Å². The minimum atomic E-state index is -0.633. The number of fused-ring (bicyclic) bond motifs is 2. The van der Waals surface area contributed by atoms with Gasteiger partial charge in [-0.25, -0.2) is 0 Å². The highest BCUT2D eigenvalue weighted by molar-refractivity contribution is 5.84. The van der Waals surface area contributed by atoms with Crippen LogP contribution in [0.15, 0.2) is 0 Å². The number of hydrogen-bond acceptors (Lipinski definition) is 6. The molecule has 0 spiro atoms. The Morgan fingerprint density at radius 1 is 1.19 bits per heavy atom. The first kappa shape index (κ1) is 11.3. The number of nitrogens with two attached hydrogens (primary N) is 1. The lowest BCUT2D eigenvalue weighted by Gasteiger charge is -2.27. The Morgan fingerprint density at radius 3 is 2.31 bits per heavy atom. The molecule has 0 amide bonds. The van der Waals surface area contributed by atoms with E-state index in [2.05, 4.69) is 9.47 Å². The molecule has 2 aliphatic heterocycles. The Labute approximate surface area is 93.0 Å². The molecular weight excluding hydrogens is 214 g/mol. The van der Waals surface area contributed by atoms with Gasteiger partial charge in [0.2, 0.25) is 0 Å². The Morgan fingerprint density at radius 2 is 1.75 bits per heavy atom. The molecule has 0 aromatic carbocycles. The molecule has 5 atom stereocenters. The molecule has 5 unspecified atom stereocenters. The van der Waals surface area contributed by atoms with E-state index < -0.39 is 29.9 Å². The summed E-state index contributed by atoms with van der Waals surface area (Å²) >= 11 is 0. The molecule has 0 aliphatic carbocycles. The summed E-state index contributed by atoms with van der Waals surface area (Å²) in [6.45, 7) is 0. The smallest absolute Gasteiger partial charge is 0.312 e. The molecule has 2 heterocycles. The number of carbonyl (C=O) groups is 2. The van der Waals surface area contributed by atoms with Crippen LogP contribution < -0.4 is 5.73 Å². The van der Waals surface area contributed by atoms with E-state index in [1.807, 2.05) is 0 Å². The molecule has 2 bridgehead atoms. The number of carbonyl (C=O) groups excluding carboxylic acids is 2. The van der Waals surface area contributed by atoms with Crippen molar-refractivity contribution in [3.05, 3.63) is 0 Å². The molecule has 2 rings (SSSR count). The van der Waals surface area contributed by atoms with Crippen LogP contribution in [0.3, 0.4) is 0 Å². The van der Waals surface area contributed by atoms with Crippen LogP contribution in [0.2, 0.25) is 0 Å². The second kappa shape index (κ2) is 4.03. The van der Waals surface area contributed by atoms with Crippen molar-refractivity contribution in [2.24, 2.45) is 17.6 Å². The van der Waals surface area contributed by atoms with Crippen LogP contribution in [-0.4, -0.2) is 44.4 Å². The van der Waals surface area contributed by atoms with E-state index in [0.29, 0.717) is 6.42 Å². The molecule has 6 heteroatoms. The molecule has 16 heavy (non-hydrogen) atoms. The molecule has 0 aromatic heterocycles. The van der Waals surface area contributed by atoms with Gasteiger partial charge in [-0.15, -0.1) is 0 Å². The van der Waals surface area contributed by atoms with E-state index in [9.17, 15) is 9.59 Å². The minimum absolute atomic E-state index is 0.213. The van der Waals surface area contributed by atoms with Crippen molar-refractivity contribution in [2.45, 2.75) is 24.7 Å². The summed E-state index contributed by atoms with van der Waals surface area (Å²) in [6, 6.07) is -0.213. The van der Waals surface area contributed by atoms with E-state index in [1.165, 1.54) is 14.2 Å². The standard InChI is InChI=1S/C10H15NO5/c1-14-9(12)6-5-3-4(11)8(16-5)7(6)10(13)15-2/h4-8H,3,11H2,1-2H3. The SMILES string of the molecule is COC(=O)C1C2CC(N)C(O2)C1C(=O)OC. The molecule has 2 N–H and O–H groups in total. The van der Waals surface area contributed by atoms with Crippen LogP contribution in [0, 0.1) is 11.8 Å². The van der Waals surface area contributed by atoms with Gasteiger partial charge in [0.1, 0.15) is 5.92 Å². The zero-order valence-electron chi connectivity index (χ0n) is 9.21. The molecule has 2 fully saturated rings. The first-order valence-corrected chi connectivity index (χ1v) is 5.16. The molecule has 6 nitrogen and oxygen atoms in total. The first-order chi connectivity index (χ1) is 7.60. The zero-order valence-corrected chi connectivity index (χ0v) is 9.21. The number of hydrogen-bond donors (Lipinski definition) is 1. The number of methoxy groups -OCH3 is 2. The third-order valence-electron chi connectivity index (χ3n) is 3.35. The molecular formula is C10H15NO5. The average molecular weight is 229 g/mol. The second-order valence-corrected chi connectivity index (χ2v) is 4.14. The summed E-state index contributed by atoms with van der Waals surface area (Å²) in [7, 11) is 2.58. The van der Waals surface area contributed by atoms with Gasteiger partial charge in [-0.05, 0) is 6.42 Å². The predicted octanol–water partition coefficient (Wildman–Crippen LogP) is -0.937. The normalized spacial score (nSPS) is 40.8. The first-order valence-electron chi connectivity index (χ1n) is 5.16. The second-order valence-electron chi connectivity index (χ2n) is 4.14. The van der Waals surface area contributed by atoms with Gasteiger partial charge in [-0.2, -0.15) is 0 Å². The predicted molar refractivity (Wildman–Crippen MR) is 52.3 cm³/mol. The van der Waals surface area contributed by atoms with Crippen molar-refractivity contribution in [3.8, 4) is 0 Å². The van der Waals surface area contributed by atoms with Crippen LogP contribution in [0.5, 0.6) is 0 Å². The summed E-state index contributed by atoms with van der Waals surface area (Å²) < 4.78 is 14.9. The van der Waals surface area contributed by atoms with Crippen LogP contribution in [-0.2, 0) is 23.8 Å². The Bertz CT molecular complexity index is 318. The van der Waals surface area contributed by atoms with Crippen molar-refractivity contribution in [1.29, 1.82) is 0 Å². The molecule has 90 valence electrons. The monoisotopic (exact) mass is 229 g/mol. The zero-order chi connectivity index (χ0) is 11.9. The average Bonchev–Trinajstić information content (AvgIpc) is 2.82. The summed E-state index contributed by atoms with van der Waals surface area (Å²) in [5.74, 6) is -2.11. The fraction of sp³-hybridized carbons (Fsp3) is 0.800. The van der Waals surface area contributed by atoms with Crippen molar-refractivity contribution in [1.82, 2.24) is 0 Å². The molecule has 0 radical (unpaired) electrons. The summed E-state index contributed by atoms with van der Waals surface area (Å²) in [6.07, 6.45) is -0.170. The highest BCUT2D eigenvalue weighted by atomic mass is 16.6. The summed E-state index contributed by atoms with van der Waals surface area (Å²) in [4.78, 5) is 23.2. The van der Waals surface area contributed by atoms with E-state index in [4.69, 9.17) is 10.5 Å². The highest BCUT2D eigenvalue weighted by Gasteiger charge is 2.59. The van der Waals surface area contributed by atoms with Crippen LogP contribution in [0.25, 0.3) is 0 Å². The van der Waals surface area contributed by atoms with E-state index >= 15 is 0 Å². The quantitative estimate of drug-likeness (QED) is 0.615. The lowest BCUT2D eigenvalue weighted by Crippen LogP contribution is -2.48. The fourth-order valence-electron chi connectivity index (χ4n) is 2.63. The van der Waals surface area contributed by atoms with Gasteiger partial charge in [0.15, 0.2) is 0 Å². The van der Waals surface area contributed by atoms with Gasteiger partial charge < -0.3 is 19.9 Å². The summed E-state index contributed by atoms with van der Waals surface area (Å²) in [5, 5.41) is 0. The molecule has 2 aliphatic rings. The van der Waals surface area contributed by atoms with Gasteiger partial charge >= 0.3 is 11.9 Å². The maximum Gasteiger partial charge on any atom is 0.312 e.